The molecule has 4 amide bonds. The van der Waals surface area contributed by atoms with Gasteiger partial charge in [-0.3, -0.25) is 19.2 Å². The minimum absolute atomic E-state index is 0. The van der Waals surface area contributed by atoms with Crippen LogP contribution in [0.2, 0.25) is 0 Å². The summed E-state index contributed by atoms with van der Waals surface area (Å²) in [6, 6.07) is 6.41. The summed E-state index contributed by atoms with van der Waals surface area (Å²) in [7, 11) is 0. The van der Waals surface area contributed by atoms with Crippen molar-refractivity contribution >= 4 is 59.1 Å². The zero-order chi connectivity index (χ0) is 37.0. The molecule has 4 saturated heterocycles. The predicted octanol–water partition coefficient (Wildman–Crippen LogP) is -2.84. The zero-order valence-corrected chi connectivity index (χ0v) is 32.0. The van der Waals surface area contributed by atoms with Gasteiger partial charge in [0.25, 0.3) is 0 Å². The molecule has 19 heteroatoms. The quantitative estimate of drug-likeness (QED) is 0.0998. The number of carboxylic acids is 2. The number of hydrogen-bond donors (Lipinski definition) is 8. The third-order valence-electron chi connectivity index (χ3n) is 9.01. The van der Waals surface area contributed by atoms with Crippen molar-refractivity contribution in [1.82, 2.24) is 20.4 Å². The molecule has 4 aliphatic rings. The molecule has 0 aromatic heterocycles. The third kappa shape index (κ3) is 7.53. The molecule has 0 spiro atoms. The van der Waals surface area contributed by atoms with E-state index in [0.29, 0.717) is 11.1 Å². The van der Waals surface area contributed by atoms with E-state index in [-0.39, 0.29) is 42.5 Å². The summed E-state index contributed by atoms with van der Waals surface area (Å²) < 4.78 is -1.30. The number of amides is 4. The van der Waals surface area contributed by atoms with Crippen LogP contribution in [0.25, 0.3) is 0 Å². The molecule has 0 unspecified atom stereocenters. The molecule has 4 fully saturated rings. The molecule has 4 aliphatic heterocycles. The first-order valence-corrected chi connectivity index (χ1v) is 17.2. The SMILES string of the molecule is CC1(C)S[C@@H]2[C@H](NC(=O)[C@H](N)c3ccc(O)cc3)C(=O)N2[C@H]1C(=O)O.CC1(C)S[C@@H]2[C@H](NC(=O)[C@H](N)c3ccc(O)cc3)C(=O)N2[C@H]1C(=O)O.[H-].[Na+]. The van der Waals surface area contributed by atoms with Crippen molar-refractivity contribution in [2.75, 3.05) is 0 Å². The fraction of sp³-hybridized carbons (Fsp3) is 0.438. The van der Waals surface area contributed by atoms with Gasteiger partial charge in [-0.1, -0.05) is 24.3 Å². The average molecular weight is 755 g/mol. The Balaban J connectivity index is 0.000000270. The van der Waals surface area contributed by atoms with Crippen LogP contribution in [0.1, 0.15) is 52.3 Å². The van der Waals surface area contributed by atoms with Crippen LogP contribution < -0.4 is 51.7 Å². The molecule has 51 heavy (non-hydrogen) atoms. The van der Waals surface area contributed by atoms with Crippen LogP contribution in [-0.4, -0.2) is 110 Å². The normalized spacial score (nSPS) is 27.5. The van der Waals surface area contributed by atoms with Crippen LogP contribution in [0.4, 0.5) is 0 Å². The maximum atomic E-state index is 12.3. The monoisotopic (exact) mass is 754 g/mol. The second-order valence-corrected chi connectivity index (χ2v) is 16.8. The number of carbonyl (C=O) groups excluding carboxylic acids is 4. The molecule has 10 N–H and O–H groups in total. The number of aliphatic carboxylic acids is 2. The Morgan fingerprint density at radius 3 is 1.25 bits per heavy atom. The molecule has 270 valence electrons. The summed E-state index contributed by atoms with van der Waals surface area (Å²) >= 11 is 2.71. The van der Waals surface area contributed by atoms with E-state index >= 15 is 0 Å². The van der Waals surface area contributed by atoms with E-state index in [2.05, 4.69) is 10.6 Å². The number of nitrogens with zero attached hydrogens (tertiary/aromatic N) is 2. The van der Waals surface area contributed by atoms with Gasteiger partial charge in [0.05, 0.1) is 0 Å². The minimum atomic E-state index is -1.06. The molecule has 6 rings (SSSR count). The molecular weight excluding hydrogens is 716 g/mol. The molecule has 8 atom stereocenters. The van der Waals surface area contributed by atoms with Crippen molar-refractivity contribution in [1.29, 1.82) is 0 Å². The Morgan fingerprint density at radius 2 is 0.980 bits per heavy atom. The summed E-state index contributed by atoms with van der Waals surface area (Å²) in [6.45, 7) is 7.07. The molecule has 16 nitrogen and oxygen atoms in total. The van der Waals surface area contributed by atoms with Gasteiger partial charge in [0, 0.05) is 9.49 Å². The number of nitrogens with one attached hydrogen (secondary N) is 2. The predicted molar refractivity (Wildman–Crippen MR) is 182 cm³/mol. The first kappa shape index (κ1) is 40.3. The van der Waals surface area contributed by atoms with Crippen LogP contribution >= 0.6 is 23.5 Å². The molecule has 0 bridgehead atoms. The molecule has 4 heterocycles. The Hall–Kier alpha value is -3.52. The van der Waals surface area contributed by atoms with Crippen LogP contribution in [-0.2, 0) is 28.8 Å². The van der Waals surface area contributed by atoms with Gasteiger partial charge in [-0.15, -0.1) is 23.5 Å². The standard InChI is InChI=1S/2C16H19N3O5S.Na.H/c2*1-16(2)11(15(23)24)19-13(22)10(14(19)25-16)18-12(21)9(17)7-3-5-8(20)6-4-7;;/h2*3-6,9-11,14,20H,17H2,1-2H3,(H,18,21)(H,23,24);;/q;;+1;-1/t2*9-,10-,11+,14-;;/m11../s1. The van der Waals surface area contributed by atoms with E-state index in [0.717, 1.165) is 0 Å². The average Bonchev–Trinajstić information content (AvgIpc) is 3.47. The second kappa shape index (κ2) is 14.8. The number of rotatable bonds is 8. The second-order valence-electron chi connectivity index (χ2n) is 13.3. The van der Waals surface area contributed by atoms with Gasteiger partial charge in [0.1, 0.15) is 58.5 Å². The maximum Gasteiger partial charge on any atom is 1.00 e. The Kier molecular flexibility index (Phi) is 11.7. The van der Waals surface area contributed by atoms with Crippen LogP contribution in [0.5, 0.6) is 11.5 Å². The van der Waals surface area contributed by atoms with Crippen LogP contribution in [0.3, 0.4) is 0 Å². The van der Waals surface area contributed by atoms with E-state index < -0.39 is 92.1 Å². The smallest absolute Gasteiger partial charge is 1.00 e. The van der Waals surface area contributed by atoms with E-state index in [9.17, 15) is 49.2 Å². The minimum Gasteiger partial charge on any atom is -1.00 e. The number of phenols is 2. The number of carboxylic acid groups (broad SMARTS) is 2. The zero-order valence-electron chi connectivity index (χ0n) is 29.3. The maximum absolute atomic E-state index is 12.3. The van der Waals surface area contributed by atoms with Crippen LogP contribution in [0, 0.1) is 0 Å². The van der Waals surface area contributed by atoms with Crippen molar-refractivity contribution in [3.63, 3.8) is 0 Å². The van der Waals surface area contributed by atoms with Gasteiger partial charge in [-0.25, -0.2) is 9.59 Å². The topological polar surface area (TPSA) is 266 Å². The summed E-state index contributed by atoms with van der Waals surface area (Å²) in [5.41, 5.74) is 12.8. The van der Waals surface area contributed by atoms with Crippen molar-refractivity contribution in [3.05, 3.63) is 59.7 Å². The number of nitrogens with two attached hydrogens (primary N) is 2. The van der Waals surface area contributed by atoms with Crippen molar-refractivity contribution in [2.45, 2.75) is 84.2 Å². The summed E-state index contributed by atoms with van der Waals surface area (Å²) in [5, 5.41) is 41.7. The Morgan fingerprint density at radius 1 is 0.686 bits per heavy atom. The van der Waals surface area contributed by atoms with Gasteiger partial charge in [0.2, 0.25) is 23.6 Å². The largest absolute Gasteiger partial charge is 1.00 e. The number of thioether (sulfide) groups is 2. The van der Waals surface area contributed by atoms with Gasteiger partial charge in [0.15, 0.2) is 0 Å². The number of phenolic OH excluding ortho intramolecular Hbond substituents is 2. The fourth-order valence-corrected chi connectivity index (χ4v) is 9.69. The Labute approximate surface area is 324 Å². The number of hydrogen-bond acceptors (Lipinski definition) is 12. The van der Waals surface area contributed by atoms with E-state index in [1.807, 2.05) is 0 Å². The van der Waals surface area contributed by atoms with Gasteiger partial charge >= 0.3 is 41.5 Å². The molecule has 0 radical (unpaired) electrons. The van der Waals surface area contributed by atoms with E-state index in [1.165, 1.54) is 81.9 Å². The summed E-state index contributed by atoms with van der Waals surface area (Å²) in [5.74, 6) is -3.88. The van der Waals surface area contributed by atoms with E-state index in [4.69, 9.17) is 11.5 Å². The first-order valence-electron chi connectivity index (χ1n) is 15.4. The number of carbonyl (C=O) groups is 6. The number of β-lactam (4-membered cyclic amide) rings is 2. The van der Waals surface area contributed by atoms with E-state index in [1.54, 1.807) is 27.7 Å². The third-order valence-corrected chi connectivity index (χ3v) is 12.2. The Bertz CT molecular complexity index is 1610. The van der Waals surface area contributed by atoms with Gasteiger partial charge in [-0.2, -0.15) is 0 Å². The molecule has 2 aromatic carbocycles. The molecular formula is C32H39N6NaO10S2. The fourth-order valence-electron chi connectivity index (χ4n) is 6.44. The molecule has 2 aromatic rings. The summed E-state index contributed by atoms with van der Waals surface area (Å²) in [4.78, 5) is 74.9. The first-order chi connectivity index (χ1) is 23.3. The van der Waals surface area contributed by atoms with Crippen molar-refractivity contribution in [2.24, 2.45) is 11.5 Å². The number of fused-ring (bicyclic) bond motifs is 2. The van der Waals surface area contributed by atoms with Crippen molar-refractivity contribution in [3.8, 4) is 11.5 Å². The van der Waals surface area contributed by atoms with Crippen molar-refractivity contribution < 1.29 is 80.2 Å². The van der Waals surface area contributed by atoms with Gasteiger partial charge in [-0.05, 0) is 63.1 Å². The number of benzene rings is 2. The summed E-state index contributed by atoms with van der Waals surface area (Å²) in [6.07, 6.45) is 0. The molecule has 0 aliphatic carbocycles. The number of aromatic hydroxyl groups is 2. The van der Waals surface area contributed by atoms with Crippen LogP contribution in [0.15, 0.2) is 48.5 Å². The molecule has 0 saturated carbocycles. The van der Waals surface area contributed by atoms with Gasteiger partial charge < -0.3 is 53.8 Å².